The number of rotatable bonds is 12. The van der Waals surface area contributed by atoms with Crippen LogP contribution in [0.15, 0.2) is 0 Å². The minimum absolute atomic E-state index is 0.258. The molecule has 0 aliphatic carbocycles. The van der Waals surface area contributed by atoms with E-state index in [0.717, 1.165) is 0 Å². The number of nitrogens with two attached hydrogens (primary N) is 1. The third kappa shape index (κ3) is 10.5. The van der Waals surface area contributed by atoms with E-state index in [1.807, 2.05) is 6.26 Å². The third-order valence-corrected chi connectivity index (χ3v) is 3.70. The highest BCUT2D eigenvalue weighted by Gasteiger charge is 2.24. The Morgan fingerprint density at radius 3 is 2.19 bits per heavy atom. The van der Waals surface area contributed by atoms with Crippen LogP contribution in [0.4, 0.5) is 0 Å². The molecule has 0 aromatic carbocycles. The number of aliphatic carboxylic acids is 1. The Morgan fingerprint density at radius 2 is 1.65 bits per heavy atom. The number of carboxylic acids is 1. The van der Waals surface area contributed by atoms with Crippen molar-refractivity contribution in [1.29, 1.82) is 0 Å². The Balaban J connectivity index is 4.60. The summed E-state index contributed by atoms with van der Waals surface area (Å²) in [5.74, 6) is -2.97. The molecular formula is C14H25N5O6S. The zero-order valence-electron chi connectivity index (χ0n) is 14.7. The summed E-state index contributed by atoms with van der Waals surface area (Å²) in [7, 11) is 0. The fourth-order valence-corrected chi connectivity index (χ4v) is 2.17. The summed E-state index contributed by atoms with van der Waals surface area (Å²) in [6.07, 6.45) is 2.12. The number of nitrogens with one attached hydrogen (secondary N) is 4. The number of carboxylic acid groups (broad SMARTS) is 1. The monoisotopic (exact) mass is 391 g/mol. The first kappa shape index (κ1) is 23.7. The number of hydrogen-bond donors (Lipinski definition) is 6. The van der Waals surface area contributed by atoms with Gasteiger partial charge in [0.05, 0.1) is 13.1 Å². The number of thioether (sulfide) groups is 1. The molecule has 0 bridgehead atoms. The summed E-state index contributed by atoms with van der Waals surface area (Å²) in [6, 6.07) is -1.88. The van der Waals surface area contributed by atoms with Crippen LogP contribution in [0.2, 0.25) is 0 Å². The molecule has 7 N–H and O–H groups in total. The van der Waals surface area contributed by atoms with Gasteiger partial charge in [-0.05, 0) is 25.4 Å². The molecule has 12 heteroatoms. The van der Waals surface area contributed by atoms with Crippen molar-refractivity contribution in [2.24, 2.45) is 5.73 Å². The lowest BCUT2D eigenvalue weighted by atomic mass is 10.2. The molecule has 0 rings (SSSR count). The Kier molecular flexibility index (Phi) is 11.8. The summed E-state index contributed by atoms with van der Waals surface area (Å²) < 4.78 is 0. The lowest BCUT2D eigenvalue weighted by Crippen LogP contribution is -2.54. The predicted molar refractivity (Wildman–Crippen MR) is 95.2 cm³/mol. The van der Waals surface area contributed by atoms with Crippen LogP contribution in [0.1, 0.15) is 13.3 Å². The maximum Gasteiger partial charge on any atom is 0.322 e. The summed E-state index contributed by atoms with van der Waals surface area (Å²) in [6.45, 7) is 0.269. The van der Waals surface area contributed by atoms with Crippen molar-refractivity contribution >= 4 is 41.4 Å². The van der Waals surface area contributed by atoms with Crippen molar-refractivity contribution in [1.82, 2.24) is 21.3 Å². The average molecular weight is 391 g/mol. The largest absolute Gasteiger partial charge is 0.480 e. The number of carbonyl (C=O) groups excluding carboxylic acids is 4. The second kappa shape index (κ2) is 12.9. The number of amides is 4. The molecule has 0 fully saturated rings. The zero-order chi connectivity index (χ0) is 20.1. The van der Waals surface area contributed by atoms with E-state index in [0.29, 0.717) is 12.2 Å². The Morgan fingerprint density at radius 1 is 1.00 bits per heavy atom. The van der Waals surface area contributed by atoms with Crippen LogP contribution in [0.25, 0.3) is 0 Å². The fraction of sp³-hybridized carbons (Fsp3) is 0.643. The van der Waals surface area contributed by atoms with Crippen molar-refractivity contribution in [2.75, 3.05) is 31.6 Å². The van der Waals surface area contributed by atoms with Crippen molar-refractivity contribution < 1.29 is 29.1 Å². The second-order valence-corrected chi connectivity index (χ2v) is 6.21. The van der Waals surface area contributed by atoms with Gasteiger partial charge in [0.15, 0.2) is 0 Å². The van der Waals surface area contributed by atoms with Crippen LogP contribution in [0.3, 0.4) is 0 Å². The van der Waals surface area contributed by atoms with Gasteiger partial charge in [-0.15, -0.1) is 0 Å². The standard InChI is InChI=1S/C14H25N5O6S/c1-8(18-11(21)6-16-10(20)5-15)13(24)19-9(3-4-26-2)14(25)17-7-12(22)23/h8-9H,3-7,15H2,1-2H3,(H,16,20)(H,17,25)(H,18,21)(H,19,24)(H,22,23)/t8-,9-/m0/s1. The van der Waals surface area contributed by atoms with Crippen LogP contribution in [0.5, 0.6) is 0 Å². The smallest absolute Gasteiger partial charge is 0.322 e. The van der Waals surface area contributed by atoms with Gasteiger partial charge in [-0.3, -0.25) is 24.0 Å². The molecule has 0 radical (unpaired) electrons. The molecule has 0 spiro atoms. The van der Waals surface area contributed by atoms with Gasteiger partial charge in [-0.25, -0.2) is 0 Å². The third-order valence-electron chi connectivity index (χ3n) is 3.06. The van der Waals surface area contributed by atoms with E-state index in [2.05, 4.69) is 21.3 Å². The topological polar surface area (TPSA) is 180 Å². The van der Waals surface area contributed by atoms with Crippen LogP contribution in [-0.2, 0) is 24.0 Å². The molecule has 0 unspecified atom stereocenters. The second-order valence-electron chi connectivity index (χ2n) is 5.22. The van der Waals surface area contributed by atoms with Crippen molar-refractivity contribution in [3.05, 3.63) is 0 Å². The molecule has 0 heterocycles. The maximum atomic E-state index is 12.2. The van der Waals surface area contributed by atoms with E-state index in [1.54, 1.807) is 0 Å². The van der Waals surface area contributed by atoms with Crippen LogP contribution in [0, 0.1) is 0 Å². The first-order valence-electron chi connectivity index (χ1n) is 7.76. The number of hydrogen-bond acceptors (Lipinski definition) is 7. The fourth-order valence-electron chi connectivity index (χ4n) is 1.70. The van der Waals surface area contributed by atoms with E-state index < -0.39 is 48.2 Å². The predicted octanol–water partition coefficient (Wildman–Crippen LogP) is -3.00. The van der Waals surface area contributed by atoms with Gasteiger partial charge in [0, 0.05) is 0 Å². The molecule has 4 amide bonds. The van der Waals surface area contributed by atoms with Gasteiger partial charge in [0.1, 0.15) is 18.6 Å². The van der Waals surface area contributed by atoms with E-state index in [9.17, 15) is 24.0 Å². The number of carbonyl (C=O) groups is 5. The first-order chi connectivity index (χ1) is 12.2. The van der Waals surface area contributed by atoms with Crippen LogP contribution < -0.4 is 27.0 Å². The molecule has 26 heavy (non-hydrogen) atoms. The normalized spacial score (nSPS) is 12.4. The molecule has 0 aliphatic heterocycles. The SMILES string of the molecule is CSCC[C@H](NC(=O)[C@H](C)NC(=O)CNC(=O)CN)C(=O)NCC(=O)O. The van der Waals surface area contributed by atoms with Gasteiger partial charge in [-0.1, -0.05) is 0 Å². The summed E-state index contributed by atoms with van der Waals surface area (Å²) in [5, 5.41) is 17.9. The van der Waals surface area contributed by atoms with E-state index >= 15 is 0 Å². The van der Waals surface area contributed by atoms with E-state index in [4.69, 9.17) is 10.8 Å². The molecule has 0 aliphatic rings. The van der Waals surface area contributed by atoms with Gasteiger partial charge >= 0.3 is 5.97 Å². The Labute approximate surface area is 155 Å². The maximum absolute atomic E-state index is 12.2. The minimum Gasteiger partial charge on any atom is -0.480 e. The highest BCUT2D eigenvalue weighted by atomic mass is 32.2. The quantitative estimate of drug-likeness (QED) is 0.204. The van der Waals surface area contributed by atoms with Gasteiger partial charge in [-0.2, -0.15) is 11.8 Å². The first-order valence-corrected chi connectivity index (χ1v) is 9.15. The molecule has 148 valence electrons. The molecular weight excluding hydrogens is 366 g/mol. The summed E-state index contributed by atoms with van der Waals surface area (Å²) in [4.78, 5) is 57.3. The molecule has 0 aromatic rings. The highest BCUT2D eigenvalue weighted by molar-refractivity contribution is 7.98. The van der Waals surface area contributed by atoms with Crippen molar-refractivity contribution in [3.8, 4) is 0 Å². The van der Waals surface area contributed by atoms with Crippen molar-refractivity contribution in [2.45, 2.75) is 25.4 Å². The zero-order valence-corrected chi connectivity index (χ0v) is 15.5. The van der Waals surface area contributed by atoms with Gasteiger partial charge in [0.2, 0.25) is 23.6 Å². The molecule has 0 saturated heterocycles. The summed E-state index contributed by atoms with van der Waals surface area (Å²) in [5.41, 5.74) is 5.09. The van der Waals surface area contributed by atoms with Crippen LogP contribution in [-0.4, -0.2) is 78.4 Å². The summed E-state index contributed by atoms with van der Waals surface area (Å²) >= 11 is 1.46. The molecule has 11 nitrogen and oxygen atoms in total. The molecule has 2 atom stereocenters. The molecule has 0 saturated carbocycles. The van der Waals surface area contributed by atoms with E-state index in [-0.39, 0.29) is 13.1 Å². The van der Waals surface area contributed by atoms with E-state index in [1.165, 1.54) is 18.7 Å². The lowest BCUT2D eigenvalue weighted by molar-refractivity contribution is -0.138. The Hall–Kier alpha value is -2.34. The van der Waals surface area contributed by atoms with Crippen LogP contribution >= 0.6 is 11.8 Å². The molecule has 0 aromatic heterocycles. The highest BCUT2D eigenvalue weighted by Crippen LogP contribution is 2.02. The average Bonchev–Trinajstić information content (AvgIpc) is 2.60. The minimum atomic E-state index is -1.20. The van der Waals surface area contributed by atoms with Gasteiger partial charge in [0.25, 0.3) is 0 Å². The van der Waals surface area contributed by atoms with Crippen molar-refractivity contribution in [3.63, 3.8) is 0 Å². The lowest BCUT2D eigenvalue weighted by Gasteiger charge is -2.21. The van der Waals surface area contributed by atoms with Gasteiger partial charge < -0.3 is 32.1 Å². The Bertz CT molecular complexity index is 530.